The van der Waals surface area contributed by atoms with Crippen molar-refractivity contribution in [3.8, 4) is 0 Å². The maximum absolute atomic E-state index is 9.63. The average Bonchev–Trinajstić information content (AvgIpc) is 2.64. The number of aromatic nitrogens is 1. The normalized spacial score (nSPS) is 27.9. The number of aryl methyl sites for hydroxylation is 1. The summed E-state index contributed by atoms with van der Waals surface area (Å²) < 4.78 is 0. The van der Waals surface area contributed by atoms with Gasteiger partial charge in [0.2, 0.25) is 0 Å². The lowest BCUT2D eigenvalue weighted by molar-refractivity contribution is 0.109. The van der Waals surface area contributed by atoms with E-state index in [1.165, 1.54) is 11.3 Å². The topological polar surface area (TPSA) is 45.2 Å². The summed E-state index contributed by atoms with van der Waals surface area (Å²) in [7, 11) is 0. The van der Waals surface area contributed by atoms with E-state index >= 15 is 0 Å². The molecule has 2 rings (SSSR count). The van der Waals surface area contributed by atoms with Crippen molar-refractivity contribution in [1.82, 2.24) is 10.3 Å². The van der Waals surface area contributed by atoms with Crippen molar-refractivity contribution in [2.24, 2.45) is 0 Å². The van der Waals surface area contributed by atoms with E-state index in [1.54, 1.807) is 11.3 Å². The summed E-state index contributed by atoms with van der Waals surface area (Å²) in [6.45, 7) is 4.24. The van der Waals surface area contributed by atoms with Gasteiger partial charge in [0.25, 0.3) is 0 Å². The third-order valence-corrected chi connectivity index (χ3v) is 4.42. The Kier molecular flexibility index (Phi) is 3.95. The van der Waals surface area contributed by atoms with Crippen LogP contribution in [0.2, 0.25) is 0 Å². The van der Waals surface area contributed by atoms with Crippen LogP contribution in [-0.4, -0.2) is 22.2 Å². The first kappa shape index (κ1) is 12.0. The van der Waals surface area contributed by atoms with Gasteiger partial charge < -0.3 is 10.4 Å². The summed E-state index contributed by atoms with van der Waals surface area (Å²) in [5, 5.41) is 13.2. The van der Waals surface area contributed by atoms with Gasteiger partial charge >= 0.3 is 0 Å². The summed E-state index contributed by atoms with van der Waals surface area (Å²) in [5.74, 6) is 0. The molecule has 0 aliphatic heterocycles. The molecule has 0 bridgehead atoms. The molecule has 1 fully saturated rings. The van der Waals surface area contributed by atoms with Crippen LogP contribution in [0.4, 0.5) is 0 Å². The van der Waals surface area contributed by atoms with Crippen LogP contribution in [0.1, 0.15) is 49.2 Å². The van der Waals surface area contributed by atoms with Crippen molar-refractivity contribution < 1.29 is 5.11 Å². The minimum Gasteiger partial charge on any atom is -0.393 e. The third kappa shape index (κ3) is 2.81. The zero-order valence-electron chi connectivity index (χ0n) is 9.94. The Morgan fingerprint density at radius 2 is 2.38 bits per heavy atom. The predicted octanol–water partition coefficient (Wildman–Crippen LogP) is 2.41. The van der Waals surface area contributed by atoms with Crippen molar-refractivity contribution in [3.05, 3.63) is 16.1 Å². The minimum atomic E-state index is -0.110. The molecule has 4 heteroatoms. The molecule has 0 amide bonds. The molecule has 1 saturated carbocycles. The summed E-state index contributed by atoms with van der Waals surface area (Å²) >= 11 is 1.71. The molecule has 1 aliphatic rings. The fraction of sp³-hybridized carbons (Fsp3) is 0.750. The number of aliphatic hydroxyl groups is 1. The zero-order chi connectivity index (χ0) is 11.5. The summed E-state index contributed by atoms with van der Waals surface area (Å²) in [6, 6.07) is 0.808. The molecule has 2 N–H and O–H groups in total. The van der Waals surface area contributed by atoms with Crippen molar-refractivity contribution in [3.63, 3.8) is 0 Å². The molecule has 3 unspecified atom stereocenters. The zero-order valence-corrected chi connectivity index (χ0v) is 10.8. The number of nitrogens with one attached hydrogen (secondary N) is 1. The minimum absolute atomic E-state index is 0.110. The molecule has 16 heavy (non-hydrogen) atoms. The van der Waals surface area contributed by atoms with Crippen LogP contribution in [0, 0.1) is 6.92 Å². The molecule has 1 aromatic rings. The average molecular weight is 240 g/mol. The highest BCUT2D eigenvalue weighted by atomic mass is 32.1. The Balaban J connectivity index is 1.92. The van der Waals surface area contributed by atoms with Gasteiger partial charge in [0.15, 0.2) is 0 Å². The van der Waals surface area contributed by atoms with Gasteiger partial charge in [-0.25, -0.2) is 4.98 Å². The van der Waals surface area contributed by atoms with Crippen LogP contribution >= 0.6 is 11.3 Å². The van der Waals surface area contributed by atoms with Crippen LogP contribution in [0.3, 0.4) is 0 Å². The van der Waals surface area contributed by atoms with E-state index in [1.807, 2.05) is 5.51 Å². The van der Waals surface area contributed by atoms with Crippen LogP contribution in [0.25, 0.3) is 0 Å². The highest BCUT2D eigenvalue weighted by molar-refractivity contribution is 7.09. The lowest BCUT2D eigenvalue weighted by atomic mass is 9.92. The number of hydrogen-bond donors (Lipinski definition) is 2. The van der Waals surface area contributed by atoms with Gasteiger partial charge in [-0.05, 0) is 39.5 Å². The predicted molar refractivity (Wildman–Crippen MR) is 66.7 cm³/mol. The molecule has 3 nitrogen and oxygen atoms in total. The summed E-state index contributed by atoms with van der Waals surface area (Å²) in [5.41, 5.74) is 3.03. The molecule has 0 spiro atoms. The van der Waals surface area contributed by atoms with Gasteiger partial charge in [0.1, 0.15) is 0 Å². The highest BCUT2D eigenvalue weighted by Crippen LogP contribution is 2.25. The van der Waals surface area contributed by atoms with E-state index in [2.05, 4.69) is 24.1 Å². The SMILES string of the molecule is Cc1ncsc1C(C)NC1CCCC(O)C1. The first-order valence-corrected chi connectivity index (χ1v) is 6.89. The number of thiazole rings is 1. The number of aliphatic hydroxyl groups excluding tert-OH is 1. The lowest BCUT2D eigenvalue weighted by Gasteiger charge is -2.29. The van der Waals surface area contributed by atoms with Crippen molar-refractivity contribution >= 4 is 11.3 Å². The largest absolute Gasteiger partial charge is 0.393 e. The highest BCUT2D eigenvalue weighted by Gasteiger charge is 2.22. The lowest BCUT2D eigenvalue weighted by Crippen LogP contribution is -2.37. The Morgan fingerprint density at radius 1 is 1.56 bits per heavy atom. The molecular weight excluding hydrogens is 220 g/mol. The fourth-order valence-electron chi connectivity index (χ4n) is 2.47. The van der Waals surface area contributed by atoms with E-state index in [-0.39, 0.29) is 6.10 Å². The van der Waals surface area contributed by atoms with Crippen molar-refractivity contribution in [2.75, 3.05) is 0 Å². The first-order chi connectivity index (χ1) is 7.66. The smallest absolute Gasteiger partial charge is 0.0798 e. The number of hydrogen-bond acceptors (Lipinski definition) is 4. The Morgan fingerprint density at radius 3 is 3.00 bits per heavy atom. The maximum Gasteiger partial charge on any atom is 0.0798 e. The van der Waals surface area contributed by atoms with Crippen LogP contribution in [0.5, 0.6) is 0 Å². The third-order valence-electron chi connectivity index (χ3n) is 3.31. The number of rotatable bonds is 3. The standard InChI is InChI=1S/C12H20N2OS/c1-8-12(16-7-13-8)9(2)14-10-4-3-5-11(15)6-10/h7,9-11,14-15H,3-6H2,1-2H3. The summed E-state index contributed by atoms with van der Waals surface area (Å²) in [4.78, 5) is 5.59. The first-order valence-electron chi connectivity index (χ1n) is 6.01. The molecule has 3 atom stereocenters. The molecule has 1 aliphatic carbocycles. The number of nitrogens with zero attached hydrogens (tertiary/aromatic N) is 1. The van der Waals surface area contributed by atoms with E-state index in [9.17, 15) is 5.11 Å². The molecule has 0 aromatic carbocycles. The van der Waals surface area contributed by atoms with Crippen LogP contribution in [0.15, 0.2) is 5.51 Å². The second-order valence-electron chi connectivity index (χ2n) is 4.71. The monoisotopic (exact) mass is 240 g/mol. The molecule has 0 radical (unpaired) electrons. The quantitative estimate of drug-likeness (QED) is 0.853. The van der Waals surface area contributed by atoms with E-state index in [0.717, 1.165) is 25.0 Å². The molecule has 1 aromatic heterocycles. The molecule has 1 heterocycles. The van der Waals surface area contributed by atoms with Crippen LogP contribution in [-0.2, 0) is 0 Å². The van der Waals surface area contributed by atoms with Gasteiger partial charge in [-0.2, -0.15) is 0 Å². The Labute approximate surface area is 101 Å². The van der Waals surface area contributed by atoms with Crippen molar-refractivity contribution in [1.29, 1.82) is 0 Å². The van der Waals surface area contributed by atoms with Gasteiger partial charge in [-0.3, -0.25) is 0 Å². The second-order valence-corrected chi connectivity index (χ2v) is 5.59. The molecule has 90 valence electrons. The Hall–Kier alpha value is -0.450. The van der Waals surface area contributed by atoms with Gasteiger partial charge in [0.05, 0.1) is 17.3 Å². The second kappa shape index (κ2) is 5.25. The van der Waals surface area contributed by atoms with E-state index < -0.39 is 0 Å². The van der Waals surface area contributed by atoms with Gasteiger partial charge in [-0.15, -0.1) is 11.3 Å². The van der Waals surface area contributed by atoms with Gasteiger partial charge in [0, 0.05) is 17.0 Å². The van der Waals surface area contributed by atoms with Gasteiger partial charge in [-0.1, -0.05) is 0 Å². The van der Waals surface area contributed by atoms with Crippen molar-refractivity contribution in [2.45, 2.75) is 57.7 Å². The molecular formula is C12H20N2OS. The Bertz CT molecular complexity index is 340. The summed E-state index contributed by atoms with van der Waals surface area (Å²) in [6.07, 6.45) is 4.06. The van der Waals surface area contributed by atoms with Crippen LogP contribution < -0.4 is 5.32 Å². The van der Waals surface area contributed by atoms with E-state index in [0.29, 0.717) is 12.1 Å². The maximum atomic E-state index is 9.63. The molecule has 0 saturated heterocycles. The van der Waals surface area contributed by atoms with E-state index in [4.69, 9.17) is 0 Å². The fourth-order valence-corrected chi connectivity index (χ4v) is 3.29.